The van der Waals surface area contributed by atoms with Crippen LogP contribution in [0.3, 0.4) is 0 Å². The highest BCUT2D eigenvalue weighted by atomic mass is 35.5. The number of rotatable bonds is 5. The summed E-state index contributed by atoms with van der Waals surface area (Å²) in [6.45, 7) is 2.62. The van der Waals surface area contributed by atoms with Gasteiger partial charge < -0.3 is 19.9 Å². The van der Waals surface area contributed by atoms with E-state index in [1.165, 1.54) is 0 Å². The minimum atomic E-state index is -0.207. The van der Waals surface area contributed by atoms with Crippen molar-refractivity contribution in [3.8, 4) is 5.75 Å². The Kier molecular flexibility index (Phi) is 7.29. The maximum atomic E-state index is 12.8. The Balaban J connectivity index is 0.00000243. The minimum absolute atomic E-state index is 0. The van der Waals surface area contributed by atoms with Crippen molar-refractivity contribution in [3.63, 3.8) is 0 Å². The van der Waals surface area contributed by atoms with E-state index in [9.17, 15) is 9.59 Å². The number of hydrogen-bond donors (Lipinski definition) is 1. The van der Waals surface area contributed by atoms with Gasteiger partial charge >= 0.3 is 0 Å². The van der Waals surface area contributed by atoms with Gasteiger partial charge in [-0.1, -0.05) is 12.1 Å². The number of ether oxygens (including phenoxy) is 1. The largest absolute Gasteiger partial charge is 0.497 e. The molecular weight excluding hydrogens is 354 g/mol. The van der Waals surface area contributed by atoms with E-state index in [0.29, 0.717) is 25.6 Å². The molecule has 0 aromatic heterocycles. The number of methoxy groups -OCH3 is 1. The third-order valence-electron chi connectivity index (χ3n) is 5.24. The Morgan fingerprint density at radius 2 is 2.00 bits per heavy atom. The molecule has 2 heterocycles. The van der Waals surface area contributed by atoms with Crippen LogP contribution in [-0.2, 0) is 16.1 Å². The lowest BCUT2D eigenvalue weighted by molar-refractivity contribution is -0.137. The number of carbonyl (C=O) groups excluding carboxylic acids is 2. The molecule has 1 aromatic rings. The molecule has 26 heavy (non-hydrogen) atoms. The third kappa shape index (κ3) is 4.68. The molecule has 0 bridgehead atoms. The fourth-order valence-electron chi connectivity index (χ4n) is 3.71. The number of nitrogens with zero attached hydrogens (tertiary/aromatic N) is 2. The van der Waals surface area contributed by atoms with E-state index in [1.54, 1.807) is 12.0 Å². The van der Waals surface area contributed by atoms with Crippen molar-refractivity contribution in [1.29, 1.82) is 0 Å². The third-order valence-corrected chi connectivity index (χ3v) is 5.24. The molecule has 144 valence electrons. The summed E-state index contributed by atoms with van der Waals surface area (Å²) in [7, 11) is 3.57. The molecular formula is C19H28ClN3O3. The Morgan fingerprint density at radius 3 is 2.65 bits per heavy atom. The first-order chi connectivity index (χ1) is 12.1. The second-order valence-corrected chi connectivity index (χ2v) is 6.94. The molecule has 0 saturated carbocycles. The zero-order chi connectivity index (χ0) is 17.8. The van der Waals surface area contributed by atoms with Crippen LogP contribution >= 0.6 is 12.4 Å². The predicted octanol–water partition coefficient (Wildman–Crippen LogP) is 1.68. The number of benzene rings is 1. The van der Waals surface area contributed by atoms with Crippen LogP contribution in [0.4, 0.5) is 0 Å². The van der Waals surface area contributed by atoms with Crippen LogP contribution in [0.2, 0.25) is 0 Å². The van der Waals surface area contributed by atoms with Gasteiger partial charge in [0.2, 0.25) is 11.8 Å². The van der Waals surface area contributed by atoms with Crippen molar-refractivity contribution in [2.24, 2.45) is 5.92 Å². The standard InChI is InChI=1S/C19H27N3O3.ClH/c1-20-16-4-3-9-21(13-16)19(24)15-10-18(23)22(12-15)11-14-5-7-17(25-2)8-6-14;/h5-8,15-16,20H,3-4,9-13H2,1-2H3;1H. The molecule has 2 saturated heterocycles. The number of amides is 2. The molecule has 2 amide bonds. The van der Waals surface area contributed by atoms with E-state index < -0.39 is 0 Å². The van der Waals surface area contributed by atoms with Gasteiger partial charge in [-0.3, -0.25) is 9.59 Å². The molecule has 0 spiro atoms. The molecule has 2 atom stereocenters. The molecule has 2 aliphatic rings. The number of likely N-dealkylation sites (tertiary alicyclic amines) is 2. The van der Waals surface area contributed by atoms with Crippen LogP contribution in [0.25, 0.3) is 0 Å². The first kappa shape index (κ1) is 20.5. The summed E-state index contributed by atoms with van der Waals surface area (Å²) in [5, 5.41) is 3.26. The van der Waals surface area contributed by atoms with Gasteiger partial charge in [0.1, 0.15) is 5.75 Å². The molecule has 2 fully saturated rings. The summed E-state index contributed by atoms with van der Waals surface area (Å²) in [5.41, 5.74) is 1.05. The zero-order valence-electron chi connectivity index (χ0n) is 15.4. The van der Waals surface area contributed by atoms with Crippen LogP contribution in [0.5, 0.6) is 5.75 Å². The number of halogens is 1. The van der Waals surface area contributed by atoms with E-state index >= 15 is 0 Å². The van der Waals surface area contributed by atoms with E-state index in [2.05, 4.69) is 5.32 Å². The molecule has 0 radical (unpaired) electrons. The molecule has 7 heteroatoms. The van der Waals surface area contributed by atoms with Crippen LogP contribution < -0.4 is 10.1 Å². The molecule has 1 aromatic carbocycles. The van der Waals surface area contributed by atoms with E-state index in [0.717, 1.165) is 37.2 Å². The Bertz CT molecular complexity index is 623. The van der Waals surface area contributed by atoms with Gasteiger partial charge in [-0.15, -0.1) is 12.4 Å². The number of nitrogens with one attached hydrogen (secondary N) is 1. The monoisotopic (exact) mass is 381 g/mol. The van der Waals surface area contributed by atoms with Gasteiger partial charge in [-0.25, -0.2) is 0 Å². The smallest absolute Gasteiger partial charge is 0.228 e. The first-order valence-corrected chi connectivity index (χ1v) is 8.97. The quantitative estimate of drug-likeness (QED) is 0.842. The minimum Gasteiger partial charge on any atom is -0.497 e. The van der Waals surface area contributed by atoms with Gasteiger partial charge in [0, 0.05) is 38.6 Å². The summed E-state index contributed by atoms with van der Waals surface area (Å²) >= 11 is 0. The number of piperidine rings is 1. The van der Waals surface area contributed by atoms with Crippen LogP contribution in [0.1, 0.15) is 24.8 Å². The van der Waals surface area contributed by atoms with Crippen LogP contribution in [-0.4, -0.2) is 61.4 Å². The highest BCUT2D eigenvalue weighted by Gasteiger charge is 2.37. The summed E-state index contributed by atoms with van der Waals surface area (Å²) < 4.78 is 5.16. The van der Waals surface area contributed by atoms with E-state index in [1.807, 2.05) is 36.2 Å². The van der Waals surface area contributed by atoms with Crippen molar-refractivity contribution in [2.75, 3.05) is 33.8 Å². The average molecular weight is 382 g/mol. The lowest BCUT2D eigenvalue weighted by Gasteiger charge is -2.34. The lowest BCUT2D eigenvalue weighted by atomic mass is 10.0. The summed E-state index contributed by atoms with van der Waals surface area (Å²) in [6, 6.07) is 8.08. The van der Waals surface area contributed by atoms with Crippen molar-refractivity contribution in [3.05, 3.63) is 29.8 Å². The highest BCUT2D eigenvalue weighted by Crippen LogP contribution is 2.24. The molecule has 0 aliphatic carbocycles. The Morgan fingerprint density at radius 1 is 1.27 bits per heavy atom. The van der Waals surface area contributed by atoms with Gasteiger partial charge in [0.05, 0.1) is 13.0 Å². The average Bonchev–Trinajstić information content (AvgIpc) is 3.02. The predicted molar refractivity (Wildman–Crippen MR) is 102 cm³/mol. The summed E-state index contributed by atoms with van der Waals surface area (Å²) in [5.74, 6) is 0.789. The number of likely N-dealkylation sites (N-methyl/N-ethyl adjacent to an activating group) is 1. The molecule has 2 unspecified atom stereocenters. The van der Waals surface area contributed by atoms with Gasteiger partial charge in [0.15, 0.2) is 0 Å². The maximum Gasteiger partial charge on any atom is 0.228 e. The Hall–Kier alpha value is -1.79. The topological polar surface area (TPSA) is 61.9 Å². The number of carbonyl (C=O) groups is 2. The van der Waals surface area contributed by atoms with Crippen molar-refractivity contribution in [2.45, 2.75) is 31.8 Å². The molecule has 3 rings (SSSR count). The Labute approximate surface area is 161 Å². The molecule has 2 aliphatic heterocycles. The lowest BCUT2D eigenvalue weighted by Crippen LogP contribution is -2.49. The summed E-state index contributed by atoms with van der Waals surface area (Å²) in [6.07, 6.45) is 2.46. The second-order valence-electron chi connectivity index (χ2n) is 6.94. The van der Waals surface area contributed by atoms with Gasteiger partial charge in [0.25, 0.3) is 0 Å². The molecule has 6 nitrogen and oxygen atoms in total. The zero-order valence-corrected chi connectivity index (χ0v) is 16.3. The van der Waals surface area contributed by atoms with Gasteiger partial charge in [-0.05, 0) is 37.6 Å². The first-order valence-electron chi connectivity index (χ1n) is 8.97. The van der Waals surface area contributed by atoms with E-state index in [4.69, 9.17) is 4.74 Å². The second kappa shape index (κ2) is 9.24. The van der Waals surface area contributed by atoms with Crippen molar-refractivity contribution < 1.29 is 14.3 Å². The molecule has 1 N–H and O–H groups in total. The van der Waals surface area contributed by atoms with Gasteiger partial charge in [-0.2, -0.15) is 0 Å². The van der Waals surface area contributed by atoms with Crippen molar-refractivity contribution >= 4 is 24.2 Å². The van der Waals surface area contributed by atoms with Crippen LogP contribution in [0.15, 0.2) is 24.3 Å². The fourth-order valence-corrected chi connectivity index (χ4v) is 3.71. The SMILES string of the molecule is CNC1CCCN(C(=O)C2CC(=O)N(Cc3ccc(OC)cc3)C2)C1.Cl. The fraction of sp³-hybridized carbons (Fsp3) is 0.579. The van der Waals surface area contributed by atoms with E-state index in [-0.39, 0.29) is 30.1 Å². The maximum absolute atomic E-state index is 12.8. The number of hydrogen-bond acceptors (Lipinski definition) is 4. The normalized spacial score (nSPS) is 22.9. The highest BCUT2D eigenvalue weighted by molar-refractivity contribution is 5.89. The van der Waals surface area contributed by atoms with Crippen LogP contribution in [0, 0.1) is 5.92 Å². The summed E-state index contributed by atoms with van der Waals surface area (Å²) in [4.78, 5) is 28.9. The van der Waals surface area contributed by atoms with Crippen molar-refractivity contribution in [1.82, 2.24) is 15.1 Å².